The van der Waals surface area contributed by atoms with E-state index in [1.54, 1.807) is 0 Å². The summed E-state index contributed by atoms with van der Waals surface area (Å²) in [5.74, 6) is -1.78. The lowest BCUT2D eigenvalue weighted by molar-refractivity contribution is -0.272. The second kappa shape index (κ2) is 35.5. The Morgan fingerprint density at radius 3 is 1.30 bits per heavy atom. The third-order valence-corrected chi connectivity index (χ3v) is 13.3. The molecule has 2 fully saturated rings. The lowest BCUT2D eigenvalue weighted by Gasteiger charge is -2.42. The number of carbonyl (C=O) groups is 5. The molecule has 2 saturated heterocycles. The molecule has 28 nitrogen and oxygen atoms in total. The van der Waals surface area contributed by atoms with Crippen LogP contribution in [0.3, 0.4) is 0 Å². The van der Waals surface area contributed by atoms with Crippen LogP contribution in [-0.4, -0.2) is 229 Å². The van der Waals surface area contributed by atoms with Gasteiger partial charge in [0.25, 0.3) is 0 Å². The summed E-state index contributed by atoms with van der Waals surface area (Å²) < 4.78 is 58.9. The minimum atomic E-state index is -3.63. The zero-order valence-corrected chi connectivity index (χ0v) is 43.6. The SMILES string of the molecule is CC(=O)N[C@H]1[C@H](OCCOCCOP(O)(=S)OCCCCC(=O)NCC(CNC(=O)CCCCOP(O)(=S)OCCOCCO[C@@H]2O[C@H](CO)[C@H](O)[C@H](O)[C@H]2NC(C)=O)OC(=O)S)O[C@H](CO)[C@H](O)[C@@H]1O. The van der Waals surface area contributed by atoms with Gasteiger partial charge in [-0.25, -0.2) is 4.79 Å². The number of ether oxygens (including phenoxy) is 7. The fourth-order valence-electron chi connectivity index (χ4n) is 6.44. The number of amides is 4. The maximum atomic E-state index is 12.4. The number of nitrogens with one attached hydrogen (secondary N) is 4. The summed E-state index contributed by atoms with van der Waals surface area (Å²) in [7, 11) is 0. The van der Waals surface area contributed by atoms with E-state index in [-0.39, 0.29) is 92.0 Å². The molecular formula is C38H70N4O24P2S3. The van der Waals surface area contributed by atoms with Crippen LogP contribution in [0.4, 0.5) is 4.79 Å². The molecule has 0 saturated carbocycles. The van der Waals surface area contributed by atoms with Crippen LogP contribution in [0.15, 0.2) is 0 Å². The van der Waals surface area contributed by atoms with Crippen LogP contribution < -0.4 is 21.3 Å². The van der Waals surface area contributed by atoms with Crippen molar-refractivity contribution in [2.24, 2.45) is 0 Å². The molecule has 0 aromatic carbocycles. The third-order valence-electron chi connectivity index (χ3n) is 9.91. The number of carbonyl (C=O) groups excluding carboxylic acids is 5. The van der Waals surface area contributed by atoms with E-state index in [4.69, 9.17) is 74.9 Å². The molecule has 4 amide bonds. The maximum absolute atomic E-state index is 12.4. The number of aliphatic hydroxyl groups is 6. The Hall–Kier alpha value is -1.72. The maximum Gasteiger partial charge on any atom is 0.364 e. The van der Waals surface area contributed by atoms with Crippen molar-refractivity contribution in [2.75, 3.05) is 92.4 Å². The van der Waals surface area contributed by atoms with Gasteiger partial charge in [-0.15, -0.1) is 0 Å². The summed E-state index contributed by atoms with van der Waals surface area (Å²) in [4.78, 5) is 80.0. The second-order valence-electron chi connectivity index (χ2n) is 15.6. The molecule has 0 radical (unpaired) electrons. The average molecular weight is 1130 g/mol. The van der Waals surface area contributed by atoms with Crippen molar-refractivity contribution in [2.45, 2.75) is 120 Å². The van der Waals surface area contributed by atoms with Gasteiger partial charge in [0.15, 0.2) is 12.6 Å². The van der Waals surface area contributed by atoms with E-state index in [1.807, 2.05) is 0 Å². The molecule has 2 aliphatic heterocycles. The van der Waals surface area contributed by atoms with Crippen LogP contribution in [0.1, 0.15) is 52.4 Å². The number of hydrogen-bond acceptors (Lipinski definition) is 24. The predicted octanol–water partition coefficient (Wildman–Crippen LogP) is -3.55. The first-order valence-corrected chi connectivity index (χ1v) is 28.1. The Labute approximate surface area is 426 Å². The van der Waals surface area contributed by atoms with E-state index in [0.717, 1.165) is 0 Å². The van der Waals surface area contributed by atoms with Crippen molar-refractivity contribution < 1.29 is 116 Å². The summed E-state index contributed by atoms with van der Waals surface area (Å²) in [6, 6.07) is -2.20. The smallest absolute Gasteiger partial charge is 0.364 e. The highest BCUT2D eigenvalue weighted by Crippen LogP contribution is 2.44. The summed E-state index contributed by atoms with van der Waals surface area (Å²) in [5, 5.41) is 68.8. The minimum Gasteiger partial charge on any atom is -0.451 e. The molecule has 12 atom stereocenters. The van der Waals surface area contributed by atoms with Gasteiger partial charge in [-0.1, -0.05) is 12.6 Å². The van der Waals surface area contributed by atoms with Crippen molar-refractivity contribution in [3.05, 3.63) is 0 Å². The molecule has 0 aromatic rings. The Bertz CT molecular complexity index is 1590. The van der Waals surface area contributed by atoms with Crippen molar-refractivity contribution in [1.82, 2.24) is 21.3 Å². The molecule has 2 aliphatic rings. The first kappa shape index (κ1) is 65.4. The van der Waals surface area contributed by atoms with Crippen LogP contribution in [0.2, 0.25) is 0 Å². The fraction of sp³-hybridized carbons (Fsp3) is 0.868. The standard InChI is InChI=1S/C38H70N4O24P2S3/c1-23(45)41-30-34(51)32(49)26(21-43)65-36(30)58-15-11-56-13-17-62-67(54,70)60-9-5-3-7-28(47)39-19-25(64-38(53)69)20-40-29(48)8-4-6-10-61-68(55,71)63-18-14-57-12-16-59-37-31(42-24(2)46)35(52)33(50)27(22-44)66-37/h25-27,30-37,43-44,49-52H,3-22H2,1-2H3,(H,39,47)(H,40,48)(H,41,45)(H,42,46)(H,53,69)(H,54,70)(H,55,71)/t25?,26-,27-,30-,31-,32+,33+,34-,35-,36-,37-,67?,68?/m1/s1. The van der Waals surface area contributed by atoms with Crippen molar-refractivity contribution in [1.29, 1.82) is 0 Å². The summed E-state index contributed by atoms with van der Waals surface area (Å²) in [6.45, 7) is -6.72. The quantitative estimate of drug-likeness (QED) is 0.0124. The molecule has 12 N–H and O–H groups in total. The molecule has 414 valence electrons. The van der Waals surface area contributed by atoms with Gasteiger partial charge < -0.3 is 113 Å². The first-order valence-electron chi connectivity index (χ1n) is 22.4. The number of aliphatic hydroxyl groups excluding tert-OH is 6. The number of thiol groups is 1. The lowest BCUT2D eigenvalue weighted by Crippen LogP contribution is -2.64. The largest absolute Gasteiger partial charge is 0.451 e. The van der Waals surface area contributed by atoms with Crippen LogP contribution in [-0.2, 0) is 94.0 Å². The average Bonchev–Trinajstić information content (AvgIpc) is 3.30. The zero-order valence-electron chi connectivity index (χ0n) is 39.3. The van der Waals surface area contributed by atoms with Crippen molar-refractivity contribution >= 4 is 78.6 Å². The van der Waals surface area contributed by atoms with Gasteiger partial charge in [0.05, 0.1) is 92.4 Å². The molecular weight excluding hydrogens is 1050 g/mol. The first-order chi connectivity index (χ1) is 33.6. The van der Waals surface area contributed by atoms with E-state index in [9.17, 15) is 64.4 Å². The third kappa shape index (κ3) is 27.6. The van der Waals surface area contributed by atoms with Crippen LogP contribution in [0.25, 0.3) is 0 Å². The van der Waals surface area contributed by atoms with Crippen LogP contribution >= 0.6 is 26.1 Å². The Morgan fingerprint density at radius 2 is 0.944 bits per heavy atom. The van der Waals surface area contributed by atoms with E-state index in [2.05, 4.69) is 33.9 Å². The summed E-state index contributed by atoms with van der Waals surface area (Å²) in [5.41, 5.74) is 0. The summed E-state index contributed by atoms with van der Waals surface area (Å²) >= 11 is 13.6. The Balaban J connectivity index is 1.53. The molecule has 0 aromatic heterocycles. The van der Waals surface area contributed by atoms with E-state index < -0.39 is 123 Å². The highest BCUT2D eigenvalue weighted by atomic mass is 32.5. The molecule has 2 rings (SSSR count). The zero-order chi connectivity index (χ0) is 53.0. The van der Waals surface area contributed by atoms with Gasteiger partial charge in [0.2, 0.25) is 23.6 Å². The van der Waals surface area contributed by atoms with Crippen LogP contribution in [0.5, 0.6) is 0 Å². The highest BCUT2D eigenvalue weighted by Gasteiger charge is 2.46. The molecule has 2 heterocycles. The molecule has 0 bridgehead atoms. The monoisotopic (exact) mass is 1120 g/mol. The van der Waals surface area contributed by atoms with E-state index in [1.165, 1.54) is 13.8 Å². The number of hydrogen-bond donors (Lipinski definition) is 13. The minimum absolute atomic E-state index is 0.00536. The molecule has 0 aliphatic carbocycles. The second-order valence-corrected chi connectivity index (χ2v) is 21.7. The van der Waals surface area contributed by atoms with Gasteiger partial charge in [0, 0.05) is 26.7 Å². The molecule has 0 spiro atoms. The van der Waals surface area contributed by atoms with Crippen molar-refractivity contribution in [3.8, 4) is 0 Å². The van der Waals surface area contributed by atoms with Crippen molar-refractivity contribution in [3.63, 3.8) is 0 Å². The fourth-order valence-corrected chi connectivity index (χ4v) is 8.96. The van der Waals surface area contributed by atoms with Gasteiger partial charge in [-0.3, -0.25) is 19.2 Å². The highest BCUT2D eigenvalue weighted by molar-refractivity contribution is 8.07. The van der Waals surface area contributed by atoms with E-state index >= 15 is 0 Å². The Kier molecular flexibility index (Phi) is 32.7. The van der Waals surface area contributed by atoms with Gasteiger partial charge in [-0.05, 0) is 49.3 Å². The van der Waals surface area contributed by atoms with E-state index in [0.29, 0.717) is 25.7 Å². The van der Waals surface area contributed by atoms with Gasteiger partial charge in [0.1, 0.15) is 54.8 Å². The number of rotatable bonds is 37. The molecule has 71 heavy (non-hydrogen) atoms. The number of unbranched alkanes of at least 4 members (excludes halogenated alkanes) is 2. The lowest BCUT2D eigenvalue weighted by atomic mass is 9.97. The Morgan fingerprint density at radius 1 is 0.577 bits per heavy atom. The summed E-state index contributed by atoms with van der Waals surface area (Å²) in [6.07, 6.45) is -9.95. The molecule has 2 unspecified atom stereocenters. The molecule has 33 heteroatoms. The predicted molar refractivity (Wildman–Crippen MR) is 254 cm³/mol. The topological polar surface area (TPSA) is 397 Å². The van der Waals surface area contributed by atoms with Crippen LogP contribution in [0, 0.1) is 0 Å². The van der Waals surface area contributed by atoms with Gasteiger partial charge >= 0.3 is 18.7 Å². The van der Waals surface area contributed by atoms with Gasteiger partial charge in [-0.2, -0.15) is 0 Å². The normalized spacial score (nSPS) is 26.6.